The van der Waals surface area contributed by atoms with Crippen LogP contribution in [0.3, 0.4) is 0 Å². The first-order valence-corrected chi connectivity index (χ1v) is 9.82. The Morgan fingerprint density at radius 1 is 0.900 bits per heavy atom. The fraction of sp³-hybridized carbons (Fsp3) is 0.500. The van der Waals surface area contributed by atoms with Gasteiger partial charge in [0.2, 0.25) is 0 Å². The molecular weight excluding hydrogens is 302 g/mol. The molecule has 20 heavy (non-hydrogen) atoms. The van der Waals surface area contributed by atoms with Gasteiger partial charge in [-0.2, -0.15) is 0 Å². The van der Waals surface area contributed by atoms with E-state index in [1.165, 1.54) is 0 Å². The predicted octanol–water partition coefficient (Wildman–Crippen LogP) is 2.21. The summed E-state index contributed by atoms with van der Waals surface area (Å²) in [4.78, 5) is 35.8. The second-order valence-corrected chi connectivity index (χ2v) is 8.51. The highest BCUT2D eigenvalue weighted by Crippen LogP contribution is 2.42. The molecule has 8 heteroatoms. The van der Waals surface area contributed by atoms with E-state index in [0.717, 1.165) is 11.1 Å². The summed E-state index contributed by atoms with van der Waals surface area (Å²) in [5.41, 5.74) is 1.90. The highest BCUT2D eigenvalue weighted by atomic mass is 31.2. The van der Waals surface area contributed by atoms with Gasteiger partial charge < -0.3 is 19.6 Å². The van der Waals surface area contributed by atoms with Crippen molar-refractivity contribution in [3.05, 3.63) is 35.4 Å². The van der Waals surface area contributed by atoms with E-state index in [4.69, 9.17) is 19.6 Å². The van der Waals surface area contributed by atoms with Gasteiger partial charge in [0.05, 0.1) is 12.3 Å². The fourth-order valence-electron chi connectivity index (χ4n) is 1.96. The van der Waals surface area contributed by atoms with E-state index >= 15 is 0 Å². The molecule has 0 aliphatic heterocycles. The van der Waals surface area contributed by atoms with Gasteiger partial charge in [0.1, 0.15) is 0 Å². The maximum atomic E-state index is 11.0. The molecular formula is C12H20O6P2. The molecule has 0 amide bonds. The molecule has 1 aromatic carbocycles. The largest absolute Gasteiger partial charge is 0.325 e. The van der Waals surface area contributed by atoms with Crippen molar-refractivity contribution in [3.8, 4) is 0 Å². The van der Waals surface area contributed by atoms with Gasteiger partial charge in [0, 0.05) is 0 Å². The van der Waals surface area contributed by atoms with Crippen LogP contribution in [0, 0.1) is 6.92 Å². The lowest BCUT2D eigenvalue weighted by atomic mass is 9.93. The number of aryl methyl sites for hydroxylation is 1. The quantitative estimate of drug-likeness (QED) is 0.572. The minimum Gasteiger partial charge on any atom is -0.324 e. The van der Waals surface area contributed by atoms with Crippen LogP contribution in [0.2, 0.25) is 0 Å². The average molecular weight is 322 g/mol. The van der Waals surface area contributed by atoms with E-state index < -0.39 is 15.2 Å². The summed E-state index contributed by atoms with van der Waals surface area (Å²) in [6, 6.07) is 7.41. The van der Waals surface area contributed by atoms with Crippen LogP contribution >= 0.6 is 15.2 Å². The van der Waals surface area contributed by atoms with Gasteiger partial charge >= 0.3 is 15.2 Å². The Kier molecular flexibility index (Phi) is 6.14. The van der Waals surface area contributed by atoms with E-state index in [9.17, 15) is 9.13 Å². The van der Waals surface area contributed by atoms with Crippen LogP contribution in [0.1, 0.15) is 29.9 Å². The number of rotatable bonds is 7. The van der Waals surface area contributed by atoms with Crippen LogP contribution in [0.5, 0.6) is 0 Å². The molecule has 0 fully saturated rings. The van der Waals surface area contributed by atoms with Gasteiger partial charge in [-0.1, -0.05) is 29.8 Å². The fourth-order valence-corrected chi connectivity index (χ4v) is 3.26. The summed E-state index contributed by atoms with van der Waals surface area (Å²) in [6.07, 6.45) is -0.167. The van der Waals surface area contributed by atoms with Crippen molar-refractivity contribution in [1.29, 1.82) is 0 Å². The van der Waals surface area contributed by atoms with Crippen molar-refractivity contribution >= 4 is 15.2 Å². The molecule has 1 aromatic rings. The summed E-state index contributed by atoms with van der Waals surface area (Å²) in [7, 11) is -8.22. The number of hydrogen-bond donors (Lipinski definition) is 4. The molecule has 0 unspecified atom stereocenters. The highest BCUT2D eigenvalue weighted by molar-refractivity contribution is 7.52. The van der Waals surface area contributed by atoms with Gasteiger partial charge in [0.15, 0.2) is 0 Å². The zero-order chi connectivity index (χ0) is 15.4. The second-order valence-electron chi connectivity index (χ2n) is 4.96. The van der Waals surface area contributed by atoms with Crippen LogP contribution in [0.15, 0.2) is 24.3 Å². The smallest absolute Gasteiger partial charge is 0.324 e. The topological polar surface area (TPSA) is 115 Å². The molecule has 0 radical (unpaired) electrons. The summed E-state index contributed by atoms with van der Waals surface area (Å²) in [5, 5.41) is 0. The molecule has 1 rings (SSSR count). The van der Waals surface area contributed by atoms with Crippen molar-refractivity contribution in [2.24, 2.45) is 0 Å². The summed E-state index contributed by atoms with van der Waals surface area (Å²) < 4.78 is 21.9. The normalized spacial score (nSPS) is 12.9. The van der Waals surface area contributed by atoms with Gasteiger partial charge in [-0.05, 0) is 31.2 Å². The zero-order valence-corrected chi connectivity index (χ0v) is 13.0. The van der Waals surface area contributed by atoms with Gasteiger partial charge in [0.25, 0.3) is 0 Å². The summed E-state index contributed by atoms with van der Waals surface area (Å²) in [5.74, 6) is -0.268. The van der Waals surface area contributed by atoms with Gasteiger partial charge in [-0.15, -0.1) is 0 Å². The Bertz CT molecular complexity index is 489. The minimum absolute atomic E-state index is 0.202. The number of benzene rings is 1. The van der Waals surface area contributed by atoms with E-state index in [-0.39, 0.29) is 31.1 Å². The molecule has 0 aromatic heterocycles. The maximum absolute atomic E-state index is 11.0. The van der Waals surface area contributed by atoms with Crippen LogP contribution in [0.4, 0.5) is 0 Å². The molecule has 4 N–H and O–H groups in total. The Morgan fingerprint density at radius 2 is 1.30 bits per heavy atom. The third-order valence-corrected chi connectivity index (χ3v) is 4.77. The third-order valence-electron chi connectivity index (χ3n) is 3.09. The van der Waals surface area contributed by atoms with Crippen molar-refractivity contribution < 1.29 is 28.7 Å². The molecule has 6 nitrogen and oxygen atoms in total. The molecule has 0 aliphatic carbocycles. The first-order valence-electron chi connectivity index (χ1n) is 6.22. The molecule has 114 valence electrons. The first-order chi connectivity index (χ1) is 9.07. The predicted molar refractivity (Wildman–Crippen MR) is 77.0 cm³/mol. The average Bonchev–Trinajstić information content (AvgIpc) is 2.28. The number of hydrogen-bond acceptors (Lipinski definition) is 2. The molecule has 0 atom stereocenters. The summed E-state index contributed by atoms with van der Waals surface area (Å²) in [6.45, 7) is 1.92. The highest BCUT2D eigenvalue weighted by Gasteiger charge is 2.22. The van der Waals surface area contributed by atoms with Gasteiger partial charge in [-0.3, -0.25) is 9.13 Å². The van der Waals surface area contributed by atoms with Crippen LogP contribution in [-0.4, -0.2) is 31.9 Å². The Morgan fingerprint density at radius 3 is 1.65 bits per heavy atom. The van der Waals surface area contributed by atoms with Crippen molar-refractivity contribution in [2.75, 3.05) is 12.3 Å². The monoisotopic (exact) mass is 322 g/mol. The van der Waals surface area contributed by atoms with E-state index in [0.29, 0.717) is 0 Å². The van der Waals surface area contributed by atoms with Crippen LogP contribution < -0.4 is 0 Å². The second kappa shape index (κ2) is 6.99. The van der Waals surface area contributed by atoms with E-state index in [1.54, 1.807) is 0 Å². The lowest BCUT2D eigenvalue weighted by Crippen LogP contribution is -2.05. The molecule has 0 aliphatic rings. The Balaban J connectivity index is 2.80. The van der Waals surface area contributed by atoms with E-state index in [1.807, 2.05) is 31.2 Å². The first kappa shape index (κ1) is 17.6. The van der Waals surface area contributed by atoms with E-state index in [2.05, 4.69) is 0 Å². The lowest BCUT2D eigenvalue weighted by Gasteiger charge is -2.18. The van der Waals surface area contributed by atoms with Crippen molar-refractivity contribution in [1.82, 2.24) is 0 Å². The zero-order valence-electron chi connectivity index (χ0n) is 11.2. The van der Waals surface area contributed by atoms with Crippen LogP contribution in [-0.2, 0) is 9.13 Å². The Labute approximate surface area is 118 Å². The standard InChI is InChI=1S/C12H20O6P2/c1-10-2-4-11(5-3-10)12(6-8-19(13,14)15)7-9-20(16,17)18/h2-5,12H,6-9H2,1H3,(H2,13,14,15)(H2,16,17,18). The molecule has 0 saturated carbocycles. The third kappa shape index (κ3) is 7.34. The SMILES string of the molecule is Cc1ccc(C(CCP(=O)(O)O)CCP(=O)(O)O)cc1. The molecule has 0 heterocycles. The Hall–Kier alpha value is -0.480. The summed E-state index contributed by atoms with van der Waals surface area (Å²) >= 11 is 0. The van der Waals surface area contributed by atoms with Gasteiger partial charge in [-0.25, -0.2) is 0 Å². The molecule has 0 spiro atoms. The van der Waals surface area contributed by atoms with Crippen LogP contribution in [0.25, 0.3) is 0 Å². The van der Waals surface area contributed by atoms with Crippen molar-refractivity contribution in [3.63, 3.8) is 0 Å². The molecule has 0 saturated heterocycles. The van der Waals surface area contributed by atoms with Crippen molar-refractivity contribution in [2.45, 2.75) is 25.7 Å². The maximum Gasteiger partial charge on any atom is 0.325 e. The lowest BCUT2D eigenvalue weighted by molar-refractivity contribution is 0.366. The molecule has 0 bridgehead atoms. The minimum atomic E-state index is -4.11.